The van der Waals surface area contributed by atoms with Crippen molar-refractivity contribution in [2.75, 3.05) is 11.5 Å². The van der Waals surface area contributed by atoms with Gasteiger partial charge in [-0.3, -0.25) is 14.5 Å². The summed E-state index contributed by atoms with van der Waals surface area (Å²) in [6.07, 6.45) is 0. The van der Waals surface area contributed by atoms with E-state index in [0.29, 0.717) is 0 Å². The zero-order valence-electron chi connectivity index (χ0n) is 22.7. The van der Waals surface area contributed by atoms with E-state index >= 15 is 0 Å². The van der Waals surface area contributed by atoms with Gasteiger partial charge in [0.15, 0.2) is 5.13 Å². The minimum atomic E-state index is -1.32. The van der Waals surface area contributed by atoms with Crippen LogP contribution in [-0.2, 0) is 24.8 Å². The second-order valence-electron chi connectivity index (χ2n) is 9.69. The molecule has 0 bridgehead atoms. The number of nitrogens with one attached hydrogen (secondary N) is 1. The van der Waals surface area contributed by atoms with Gasteiger partial charge in [0, 0.05) is 34.0 Å². The van der Waals surface area contributed by atoms with Crippen LogP contribution >= 0.6 is 34.9 Å². The number of rotatable bonds is 9. The minimum absolute atomic E-state index is 0.0498. The van der Waals surface area contributed by atoms with Crippen molar-refractivity contribution in [3.63, 3.8) is 0 Å². The van der Waals surface area contributed by atoms with Crippen LogP contribution in [-0.4, -0.2) is 60.0 Å². The van der Waals surface area contributed by atoms with Gasteiger partial charge in [0.1, 0.15) is 17.1 Å². The number of β-lactam (4-membered cyclic amide) rings is 1. The van der Waals surface area contributed by atoms with E-state index in [1.807, 2.05) is 91.0 Å². The number of hydrogen-bond acceptors (Lipinski definition) is 10. The van der Waals surface area contributed by atoms with Crippen LogP contribution in [0.5, 0.6) is 0 Å². The van der Waals surface area contributed by atoms with Gasteiger partial charge in [0.05, 0.1) is 5.03 Å². The maximum atomic E-state index is 13.8. The van der Waals surface area contributed by atoms with E-state index in [9.17, 15) is 19.5 Å². The lowest BCUT2D eigenvalue weighted by Gasteiger charge is -2.48. The number of nitrogen functional groups attached to an aromatic ring is 1. The normalized spacial score (nSPS) is 18.3. The number of carboxylic acid groups (broad SMARTS) is 1. The van der Waals surface area contributed by atoms with Crippen LogP contribution in [0.2, 0.25) is 0 Å². The Morgan fingerprint density at radius 3 is 2.02 bits per heavy atom. The molecule has 1 saturated heterocycles. The molecule has 2 aliphatic rings. The molecule has 2 amide bonds. The zero-order valence-corrected chi connectivity index (χ0v) is 25.1. The summed E-state index contributed by atoms with van der Waals surface area (Å²) in [5.41, 5.74) is 6.14. The summed E-state index contributed by atoms with van der Waals surface area (Å²) >= 11 is 8.20. The Bertz CT molecular complexity index is 1690. The molecule has 3 heterocycles. The predicted molar refractivity (Wildman–Crippen MR) is 167 cm³/mol. The van der Waals surface area contributed by atoms with Crippen molar-refractivity contribution >= 4 is 63.5 Å². The summed E-state index contributed by atoms with van der Waals surface area (Å²) in [6, 6.07) is 27.2. The molecule has 4 N–H and O–H groups in total. The third-order valence-corrected chi connectivity index (χ3v) is 9.39. The fraction of sp³-hybridized carbons (Fsp3) is 0.133. The highest BCUT2D eigenvalue weighted by Gasteiger charge is 2.54. The molecule has 0 unspecified atom stereocenters. The fourth-order valence-electron chi connectivity index (χ4n) is 5.10. The van der Waals surface area contributed by atoms with Gasteiger partial charge in [-0.25, -0.2) is 4.79 Å². The molecule has 14 heteroatoms. The van der Waals surface area contributed by atoms with E-state index < -0.39 is 34.8 Å². The van der Waals surface area contributed by atoms with Crippen molar-refractivity contribution < 1.29 is 24.3 Å². The largest absolute Gasteiger partial charge is 0.477 e. The highest BCUT2D eigenvalue weighted by molar-refractivity contribution is 8.00. The number of carboxylic acids is 1. The van der Waals surface area contributed by atoms with E-state index in [4.69, 9.17) is 22.2 Å². The van der Waals surface area contributed by atoms with Gasteiger partial charge >= 0.3 is 5.97 Å². The smallest absolute Gasteiger partial charge is 0.353 e. The first-order chi connectivity index (χ1) is 21.3. The van der Waals surface area contributed by atoms with Crippen molar-refractivity contribution in [3.05, 3.63) is 124 Å². The van der Waals surface area contributed by atoms with Crippen LogP contribution in [0.4, 0.5) is 5.13 Å². The average molecular weight is 647 g/mol. The molecule has 6 rings (SSSR count). The molecule has 2 atom stereocenters. The zero-order chi connectivity index (χ0) is 30.8. The van der Waals surface area contributed by atoms with Crippen LogP contribution in [0.1, 0.15) is 22.5 Å². The van der Waals surface area contributed by atoms with Crippen molar-refractivity contribution in [2.24, 2.45) is 5.16 Å². The van der Waals surface area contributed by atoms with Crippen LogP contribution in [0.3, 0.4) is 0 Å². The van der Waals surface area contributed by atoms with Gasteiger partial charge in [-0.2, -0.15) is 9.36 Å². The quantitative estimate of drug-likeness (QED) is 0.106. The lowest BCUT2D eigenvalue weighted by atomic mass is 9.80. The summed E-state index contributed by atoms with van der Waals surface area (Å²) in [4.78, 5) is 50.3. The first kappa shape index (κ1) is 29.4. The molecular formula is C30H23ClN6O5S2. The number of carbonyl (C=O) groups is 3. The summed E-state index contributed by atoms with van der Waals surface area (Å²) < 4.78 is 4.18. The molecule has 0 saturated carbocycles. The number of oxime groups is 1. The molecule has 222 valence electrons. The number of thioether (sulfide) groups is 1. The van der Waals surface area contributed by atoms with E-state index in [1.165, 1.54) is 11.8 Å². The number of aliphatic carboxylic acids is 1. The molecular weight excluding hydrogens is 624 g/mol. The molecule has 11 nitrogen and oxygen atoms in total. The Hall–Kier alpha value is -4.72. The fourth-order valence-corrected chi connectivity index (χ4v) is 7.08. The first-order valence-corrected chi connectivity index (χ1v) is 15.4. The maximum absolute atomic E-state index is 13.8. The average Bonchev–Trinajstić information content (AvgIpc) is 3.48. The molecule has 44 heavy (non-hydrogen) atoms. The summed E-state index contributed by atoms with van der Waals surface area (Å²) in [5, 5.41) is 16.1. The molecule has 0 spiro atoms. The van der Waals surface area contributed by atoms with Gasteiger partial charge in [-0.05, 0) is 0 Å². The van der Waals surface area contributed by atoms with Crippen LogP contribution in [0.15, 0.2) is 107 Å². The molecule has 0 aliphatic carbocycles. The lowest BCUT2D eigenvalue weighted by Crippen LogP contribution is -2.71. The van der Waals surface area contributed by atoms with E-state index in [2.05, 4.69) is 19.8 Å². The Labute approximate surface area is 264 Å². The number of aromatic nitrogens is 2. The molecule has 2 aliphatic heterocycles. The SMILES string of the molecule is Nc1nc(C(=NOC(c2ccccc2)(c2ccccc2)c2ccccc2)C(=O)N[C@@H]2C(=O)N3C(C(=O)O)=C(Cl)CS[C@@H]23)ns1. The Morgan fingerprint density at radius 1 is 1.00 bits per heavy atom. The van der Waals surface area contributed by atoms with E-state index in [0.717, 1.165) is 33.1 Å². The highest BCUT2D eigenvalue weighted by atomic mass is 35.5. The Kier molecular flexibility index (Phi) is 8.08. The number of nitrogens with two attached hydrogens (primary N) is 1. The van der Waals surface area contributed by atoms with Crippen molar-refractivity contribution in [3.8, 4) is 0 Å². The van der Waals surface area contributed by atoms with Crippen LogP contribution in [0, 0.1) is 0 Å². The first-order valence-electron chi connectivity index (χ1n) is 13.2. The highest BCUT2D eigenvalue weighted by Crippen LogP contribution is 2.42. The summed E-state index contributed by atoms with van der Waals surface area (Å²) in [5.74, 6) is -2.67. The molecule has 1 fully saturated rings. The predicted octanol–water partition coefficient (Wildman–Crippen LogP) is 3.77. The summed E-state index contributed by atoms with van der Waals surface area (Å²) in [6.45, 7) is 0. The molecule has 0 radical (unpaired) electrons. The number of nitrogens with zero attached hydrogens (tertiary/aromatic N) is 4. The monoisotopic (exact) mass is 646 g/mol. The van der Waals surface area contributed by atoms with E-state index in [-0.39, 0.29) is 33.1 Å². The van der Waals surface area contributed by atoms with Crippen LogP contribution < -0.4 is 11.1 Å². The number of hydrogen-bond donors (Lipinski definition) is 3. The van der Waals surface area contributed by atoms with Crippen molar-refractivity contribution in [1.29, 1.82) is 0 Å². The van der Waals surface area contributed by atoms with Gasteiger partial charge in [0.2, 0.25) is 17.1 Å². The van der Waals surface area contributed by atoms with Gasteiger partial charge in [-0.15, -0.1) is 11.8 Å². The van der Waals surface area contributed by atoms with Crippen LogP contribution in [0.25, 0.3) is 0 Å². The van der Waals surface area contributed by atoms with Crippen molar-refractivity contribution in [2.45, 2.75) is 17.0 Å². The topological polar surface area (TPSA) is 160 Å². The summed E-state index contributed by atoms with van der Waals surface area (Å²) in [7, 11) is 0. The number of benzene rings is 3. The third-order valence-electron chi connectivity index (χ3n) is 7.09. The lowest BCUT2D eigenvalue weighted by molar-refractivity contribution is -0.150. The van der Waals surface area contributed by atoms with Gasteiger partial charge in [0.25, 0.3) is 11.8 Å². The number of fused-ring (bicyclic) bond motifs is 1. The van der Waals surface area contributed by atoms with Crippen molar-refractivity contribution in [1.82, 2.24) is 19.6 Å². The van der Waals surface area contributed by atoms with Gasteiger partial charge in [-0.1, -0.05) is 108 Å². The Morgan fingerprint density at radius 2 is 1.55 bits per heavy atom. The standard InChI is InChI=1S/C30H23ClN6O5S2/c31-20-16-43-27-22(26(39)37(27)23(20)28(40)41)33-25(38)21(24-34-29(32)44-36-24)35-42-30(17-10-4-1-5-11-17,18-12-6-2-7-13-18)19-14-8-3-9-15-19/h1-15,22,27H,16H2,(H,33,38)(H,40,41)(H2,32,34,36)/t22-,27+/m1/s1. The second-order valence-corrected chi connectivity index (χ2v) is 12.0. The third kappa shape index (κ3) is 5.19. The minimum Gasteiger partial charge on any atom is -0.477 e. The number of anilines is 1. The second kappa shape index (κ2) is 12.1. The molecule has 3 aromatic carbocycles. The molecule has 4 aromatic rings. The maximum Gasteiger partial charge on any atom is 0.353 e. The van der Waals surface area contributed by atoms with Gasteiger partial charge < -0.3 is 21.0 Å². The number of amides is 2. The molecule has 1 aromatic heterocycles. The number of halogens is 1. The number of carbonyl (C=O) groups excluding carboxylic acids is 2. The van der Waals surface area contributed by atoms with E-state index in [1.54, 1.807) is 0 Å². The Balaban J connectivity index is 1.41.